The summed E-state index contributed by atoms with van der Waals surface area (Å²) in [5.74, 6) is 0.395. The van der Waals surface area contributed by atoms with Crippen LogP contribution in [0.15, 0.2) is 73.8 Å². The highest BCUT2D eigenvalue weighted by Crippen LogP contribution is 2.32. The van der Waals surface area contributed by atoms with Gasteiger partial charge in [-0.15, -0.1) is 0 Å². The molecule has 4 aromatic rings. The molecule has 2 aromatic carbocycles. The molecule has 0 spiro atoms. The highest BCUT2D eigenvalue weighted by atomic mass is 35.5. The molecule has 0 bridgehead atoms. The Balaban J connectivity index is 1.34. The van der Waals surface area contributed by atoms with Crippen LogP contribution in [0.3, 0.4) is 0 Å². The zero-order chi connectivity index (χ0) is 21.8. The average Bonchev–Trinajstić information content (AvgIpc) is 3.39. The minimum Gasteiger partial charge on any atom is -0.455 e. The Morgan fingerprint density at radius 2 is 2.06 bits per heavy atom. The fraction of sp³-hybridized carbons (Fsp3) is 0.0500. The number of halogens is 1. The van der Waals surface area contributed by atoms with Gasteiger partial charge in [-0.25, -0.2) is 10.4 Å². The summed E-state index contributed by atoms with van der Waals surface area (Å²) in [4.78, 5) is 26.7. The molecule has 0 saturated carbocycles. The van der Waals surface area contributed by atoms with Crippen LogP contribution >= 0.6 is 23.4 Å². The smallest absolute Gasteiger partial charge is 0.270 e. The van der Waals surface area contributed by atoms with E-state index in [-0.39, 0.29) is 17.3 Å². The van der Waals surface area contributed by atoms with Gasteiger partial charge in [0.2, 0.25) is 0 Å². The van der Waals surface area contributed by atoms with E-state index in [1.165, 1.54) is 24.4 Å². The molecule has 0 aliphatic rings. The van der Waals surface area contributed by atoms with Crippen molar-refractivity contribution in [1.29, 1.82) is 0 Å². The number of thioether (sulfide) groups is 1. The maximum Gasteiger partial charge on any atom is 0.270 e. The van der Waals surface area contributed by atoms with E-state index in [4.69, 9.17) is 20.4 Å². The number of aromatic nitrogens is 1. The molecule has 0 unspecified atom stereocenters. The summed E-state index contributed by atoms with van der Waals surface area (Å²) in [7, 11) is 0. The molecule has 0 saturated heterocycles. The quantitative estimate of drug-likeness (QED) is 0.181. The number of nitro benzene ring substituents is 1. The van der Waals surface area contributed by atoms with E-state index < -0.39 is 4.92 Å². The number of carbonyl (C=O) groups is 1. The van der Waals surface area contributed by atoms with Crippen molar-refractivity contribution >= 4 is 52.3 Å². The SMILES string of the molecule is O=C(CSc1nc2ccccc2o1)N/N=C\c1ccc(-c2cc([N+](=O)[O-])ccc2Cl)o1. The minimum absolute atomic E-state index is 0.0663. The lowest BCUT2D eigenvalue weighted by molar-refractivity contribution is -0.384. The van der Waals surface area contributed by atoms with Crippen molar-refractivity contribution in [3.8, 4) is 11.3 Å². The molecule has 0 aliphatic heterocycles. The number of rotatable bonds is 7. The lowest BCUT2D eigenvalue weighted by Crippen LogP contribution is -2.19. The normalized spacial score (nSPS) is 11.3. The van der Waals surface area contributed by atoms with E-state index >= 15 is 0 Å². The first-order valence-corrected chi connectivity index (χ1v) is 10.2. The summed E-state index contributed by atoms with van der Waals surface area (Å²) in [6.45, 7) is 0. The number of nitrogens with zero attached hydrogens (tertiary/aromatic N) is 3. The van der Waals surface area contributed by atoms with Gasteiger partial charge in [0.15, 0.2) is 5.58 Å². The molecule has 1 amide bonds. The standard InChI is InChI=1S/C20H13ClN4O5S/c21-15-7-5-12(25(27)28)9-14(15)17-8-6-13(29-17)10-22-24-19(26)11-31-20-23-16-3-1-2-4-18(16)30-20/h1-10H,11H2,(H,24,26)/b22-10-. The third-order valence-electron chi connectivity index (χ3n) is 4.04. The molecule has 1 N–H and O–H groups in total. The third-order valence-corrected chi connectivity index (χ3v) is 5.19. The monoisotopic (exact) mass is 456 g/mol. The summed E-state index contributed by atoms with van der Waals surface area (Å²) in [5.41, 5.74) is 4.04. The summed E-state index contributed by atoms with van der Waals surface area (Å²) in [5, 5.41) is 15.5. The first-order valence-electron chi connectivity index (χ1n) is 8.84. The molecule has 0 fully saturated rings. The van der Waals surface area contributed by atoms with Crippen molar-refractivity contribution in [2.45, 2.75) is 5.22 Å². The molecule has 11 heteroatoms. The van der Waals surface area contributed by atoms with Crippen LogP contribution in [0.1, 0.15) is 5.76 Å². The highest BCUT2D eigenvalue weighted by Gasteiger charge is 2.14. The van der Waals surface area contributed by atoms with E-state index in [0.717, 1.165) is 17.3 Å². The number of non-ortho nitro benzene ring substituents is 1. The van der Waals surface area contributed by atoms with E-state index in [2.05, 4.69) is 15.5 Å². The molecule has 0 radical (unpaired) electrons. The second kappa shape index (κ2) is 9.02. The van der Waals surface area contributed by atoms with Crippen molar-refractivity contribution in [2.75, 3.05) is 5.75 Å². The molecular formula is C20H13ClN4O5S. The molecular weight excluding hydrogens is 444 g/mol. The molecule has 4 rings (SSSR count). The number of nitro groups is 1. The van der Waals surface area contributed by atoms with Gasteiger partial charge in [0.25, 0.3) is 16.8 Å². The van der Waals surface area contributed by atoms with Crippen LogP contribution in [0.25, 0.3) is 22.4 Å². The number of hydrogen-bond donors (Lipinski definition) is 1. The lowest BCUT2D eigenvalue weighted by atomic mass is 10.1. The number of para-hydroxylation sites is 2. The number of furan rings is 1. The van der Waals surface area contributed by atoms with Gasteiger partial charge in [0, 0.05) is 17.7 Å². The summed E-state index contributed by atoms with van der Waals surface area (Å²) in [6.07, 6.45) is 1.32. The van der Waals surface area contributed by atoms with E-state index in [0.29, 0.717) is 32.9 Å². The molecule has 156 valence electrons. The summed E-state index contributed by atoms with van der Waals surface area (Å²) >= 11 is 7.26. The zero-order valence-electron chi connectivity index (χ0n) is 15.6. The van der Waals surface area contributed by atoms with Crippen molar-refractivity contribution in [2.24, 2.45) is 5.10 Å². The molecule has 0 aliphatic carbocycles. The van der Waals surface area contributed by atoms with Crippen LogP contribution < -0.4 is 5.43 Å². The maximum atomic E-state index is 12.0. The number of carbonyl (C=O) groups excluding carboxylic acids is 1. The van der Waals surface area contributed by atoms with Gasteiger partial charge in [0.05, 0.1) is 21.9 Å². The van der Waals surface area contributed by atoms with Crippen molar-refractivity contribution < 1.29 is 18.6 Å². The Labute approximate surface area is 184 Å². The van der Waals surface area contributed by atoms with Crippen LogP contribution in [0.4, 0.5) is 5.69 Å². The predicted molar refractivity (Wildman–Crippen MR) is 116 cm³/mol. The molecule has 0 atom stereocenters. The van der Waals surface area contributed by atoms with Crippen molar-refractivity contribution in [3.05, 3.63) is 75.5 Å². The Kier molecular flexibility index (Phi) is 6.01. The Hall–Kier alpha value is -3.63. The van der Waals surface area contributed by atoms with Gasteiger partial charge in [0.1, 0.15) is 17.0 Å². The first kappa shape index (κ1) is 20.6. The number of hydrogen-bond acceptors (Lipinski definition) is 8. The fourth-order valence-electron chi connectivity index (χ4n) is 2.62. The van der Waals surface area contributed by atoms with Crippen molar-refractivity contribution in [3.63, 3.8) is 0 Å². The van der Waals surface area contributed by atoms with E-state index in [1.54, 1.807) is 18.2 Å². The third kappa shape index (κ3) is 4.93. The fourth-order valence-corrected chi connectivity index (χ4v) is 3.46. The molecule has 31 heavy (non-hydrogen) atoms. The average molecular weight is 457 g/mol. The van der Waals surface area contributed by atoms with Gasteiger partial charge in [-0.05, 0) is 30.3 Å². The molecule has 2 heterocycles. The second-order valence-electron chi connectivity index (χ2n) is 6.15. The van der Waals surface area contributed by atoms with Crippen LogP contribution in [0, 0.1) is 10.1 Å². The lowest BCUT2D eigenvalue weighted by Gasteiger charge is -2.00. The Morgan fingerprint density at radius 3 is 2.87 bits per heavy atom. The largest absolute Gasteiger partial charge is 0.455 e. The Bertz CT molecular complexity index is 1270. The van der Waals surface area contributed by atoms with E-state index in [1.807, 2.05) is 18.2 Å². The number of nitrogens with one attached hydrogen (secondary N) is 1. The second-order valence-corrected chi connectivity index (χ2v) is 7.49. The molecule has 2 aromatic heterocycles. The number of amides is 1. The summed E-state index contributed by atoms with van der Waals surface area (Å²) < 4.78 is 11.1. The number of hydrazone groups is 1. The topological polar surface area (TPSA) is 124 Å². The predicted octanol–water partition coefficient (Wildman–Crippen LogP) is 4.89. The van der Waals surface area contributed by atoms with Gasteiger partial charge in [-0.2, -0.15) is 5.10 Å². The van der Waals surface area contributed by atoms with Crippen molar-refractivity contribution in [1.82, 2.24) is 10.4 Å². The van der Waals surface area contributed by atoms with Crippen LogP contribution in [-0.4, -0.2) is 27.8 Å². The Morgan fingerprint density at radius 1 is 1.23 bits per heavy atom. The van der Waals surface area contributed by atoms with Gasteiger partial charge < -0.3 is 8.83 Å². The molecule has 9 nitrogen and oxygen atoms in total. The number of oxazole rings is 1. The van der Waals surface area contributed by atoms with Crippen LogP contribution in [-0.2, 0) is 4.79 Å². The van der Waals surface area contributed by atoms with Gasteiger partial charge in [-0.1, -0.05) is 35.5 Å². The number of benzene rings is 2. The zero-order valence-corrected chi connectivity index (χ0v) is 17.2. The number of fused-ring (bicyclic) bond motifs is 1. The minimum atomic E-state index is -0.514. The van der Waals surface area contributed by atoms with E-state index in [9.17, 15) is 14.9 Å². The van der Waals surface area contributed by atoms with Crippen LogP contribution in [0.2, 0.25) is 5.02 Å². The first-order chi connectivity index (χ1) is 15.0. The highest BCUT2D eigenvalue weighted by molar-refractivity contribution is 7.99. The summed E-state index contributed by atoms with van der Waals surface area (Å²) in [6, 6.07) is 14.6. The maximum absolute atomic E-state index is 12.0. The van der Waals surface area contributed by atoms with Gasteiger partial charge in [-0.3, -0.25) is 14.9 Å². The van der Waals surface area contributed by atoms with Crippen LogP contribution in [0.5, 0.6) is 0 Å². The van der Waals surface area contributed by atoms with Gasteiger partial charge >= 0.3 is 0 Å².